The molecule has 0 bridgehead atoms. The molecule has 0 aliphatic heterocycles. The Labute approximate surface area is 122 Å². The van der Waals surface area contributed by atoms with E-state index in [9.17, 15) is 0 Å². The van der Waals surface area contributed by atoms with E-state index in [1.54, 1.807) is 0 Å². The number of para-hydroxylation sites is 1. The van der Waals surface area contributed by atoms with Crippen molar-refractivity contribution >= 4 is 11.4 Å². The molecule has 2 heteroatoms. The minimum atomic E-state index is 0.855. The number of likely N-dealkylation sites (N-methyl/N-ethyl adjacent to an activating group) is 1. The summed E-state index contributed by atoms with van der Waals surface area (Å²) in [6.07, 6.45) is 1.04. The smallest absolute Gasteiger partial charge is 0.0627 e. The second-order valence-electron chi connectivity index (χ2n) is 5.61. The maximum atomic E-state index is 6.10. The van der Waals surface area contributed by atoms with Crippen LogP contribution in [0.5, 0.6) is 0 Å². The van der Waals surface area contributed by atoms with Crippen molar-refractivity contribution in [1.82, 2.24) is 0 Å². The fourth-order valence-electron chi connectivity index (χ4n) is 2.73. The van der Waals surface area contributed by atoms with E-state index in [1.807, 2.05) is 12.1 Å². The van der Waals surface area contributed by atoms with Crippen molar-refractivity contribution in [2.45, 2.75) is 27.2 Å². The molecule has 106 valence electrons. The molecule has 0 spiro atoms. The Kier molecular flexibility index (Phi) is 4.33. The molecule has 2 rings (SSSR count). The van der Waals surface area contributed by atoms with Gasteiger partial charge >= 0.3 is 0 Å². The average Bonchev–Trinajstić information content (AvgIpc) is 2.37. The van der Waals surface area contributed by atoms with Gasteiger partial charge in [-0.1, -0.05) is 35.9 Å². The normalized spacial score (nSPS) is 10.6. The topological polar surface area (TPSA) is 29.3 Å². The molecule has 0 aromatic heterocycles. The molecule has 0 fully saturated rings. The molecular formula is C18H24N2. The molecule has 2 nitrogen and oxygen atoms in total. The molecular weight excluding hydrogens is 244 g/mol. The highest BCUT2D eigenvalue weighted by molar-refractivity contribution is 5.71. The van der Waals surface area contributed by atoms with E-state index in [-0.39, 0.29) is 0 Å². The Bertz CT molecular complexity index is 582. The standard InChI is InChI=1S/C18H24N2/c1-13-8-9-16(15(3)12-13)10-11-20(4)18-14(2)6-5-7-17(18)19/h5-9,12H,10-11,19H2,1-4H3. The van der Waals surface area contributed by atoms with Gasteiger partial charge in [0.1, 0.15) is 0 Å². The van der Waals surface area contributed by atoms with Crippen molar-refractivity contribution < 1.29 is 0 Å². The van der Waals surface area contributed by atoms with Crippen molar-refractivity contribution in [2.24, 2.45) is 0 Å². The first-order chi connectivity index (χ1) is 9.49. The molecule has 0 atom stereocenters. The second-order valence-corrected chi connectivity index (χ2v) is 5.61. The molecule has 0 aliphatic rings. The number of hydrogen-bond donors (Lipinski definition) is 1. The van der Waals surface area contributed by atoms with Gasteiger partial charge in [-0.3, -0.25) is 0 Å². The van der Waals surface area contributed by atoms with Gasteiger partial charge in [0.15, 0.2) is 0 Å². The van der Waals surface area contributed by atoms with Gasteiger partial charge in [0, 0.05) is 13.6 Å². The van der Waals surface area contributed by atoms with Gasteiger partial charge in [-0.15, -0.1) is 0 Å². The summed E-state index contributed by atoms with van der Waals surface area (Å²) < 4.78 is 0. The third-order valence-electron chi connectivity index (χ3n) is 3.87. The summed E-state index contributed by atoms with van der Waals surface area (Å²) >= 11 is 0. The van der Waals surface area contributed by atoms with Crippen LogP contribution in [0.4, 0.5) is 11.4 Å². The number of anilines is 2. The second kappa shape index (κ2) is 6.00. The van der Waals surface area contributed by atoms with Gasteiger partial charge < -0.3 is 10.6 Å². The van der Waals surface area contributed by atoms with Gasteiger partial charge in [-0.2, -0.15) is 0 Å². The Balaban J connectivity index is 2.11. The van der Waals surface area contributed by atoms with E-state index in [0.29, 0.717) is 0 Å². The number of rotatable bonds is 4. The maximum Gasteiger partial charge on any atom is 0.0627 e. The zero-order chi connectivity index (χ0) is 14.7. The predicted octanol–water partition coefficient (Wildman–Crippen LogP) is 3.87. The van der Waals surface area contributed by atoms with Crippen LogP contribution >= 0.6 is 0 Å². The summed E-state index contributed by atoms with van der Waals surface area (Å²) in [6, 6.07) is 12.8. The highest BCUT2D eigenvalue weighted by atomic mass is 15.1. The predicted molar refractivity (Wildman–Crippen MR) is 88.5 cm³/mol. The lowest BCUT2D eigenvalue weighted by Gasteiger charge is -2.23. The van der Waals surface area contributed by atoms with E-state index in [1.165, 1.54) is 22.3 Å². The molecule has 0 radical (unpaired) electrons. The first-order valence-corrected chi connectivity index (χ1v) is 7.11. The summed E-state index contributed by atoms with van der Waals surface area (Å²) in [5, 5.41) is 0. The van der Waals surface area contributed by atoms with Crippen LogP contribution in [0.2, 0.25) is 0 Å². The summed E-state index contributed by atoms with van der Waals surface area (Å²) in [6.45, 7) is 7.40. The lowest BCUT2D eigenvalue weighted by atomic mass is 10.0. The van der Waals surface area contributed by atoms with E-state index in [2.05, 4.69) is 57.0 Å². The lowest BCUT2D eigenvalue weighted by molar-refractivity contribution is 0.869. The summed E-state index contributed by atoms with van der Waals surface area (Å²) in [5.74, 6) is 0. The Morgan fingerprint density at radius 1 is 1.00 bits per heavy atom. The third-order valence-corrected chi connectivity index (χ3v) is 3.87. The first kappa shape index (κ1) is 14.4. The molecule has 0 heterocycles. The number of nitrogen functional groups attached to an aromatic ring is 1. The van der Waals surface area contributed by atoms with Gasteiger partial charge in [-0.05, 0) is 49.9 Å². The quantitative estimate of drug-likeness (QED) is 0.853. The molecule has 0 aliphatic carbocycles. The highest BCUT2D eigenvalue weighted by Crippen LogP contribution is 2.26. The first-order valence-electron chi connectivity index (χ1n) is 7.11. The number of benzene rings is 2. The third kappa shape index (κ3) is 3.13. The Morgan fingerprint density at radius 2 is 1.75 bits per heavy atom. The molecule has 0 saturated heterocycles. The molecule has 0 saturated carbocycles. The molecule has 2 aromatic carbocycles. The van der Waals surface area contributed by atoms with Crippen LogP contribution in [-0.4, -0.2) is 13.6 Å². The van der Waals surface area contributed by atoms with Crippen molar-refractivity contribution in [3.63, 3.8) is 0 Å². The van der Waals surface area contributed by atoms with Crippen LogP contribution in [0.1, 0.15) is 22.3 Å². The SMILES string of the molecule is Cc1ccc(CCN(C)c2c(C)cccc2N)c(C)c1. The van der Waals surface area contributed by atoms with E-state index >= 15 is 0 Å². The van der Waals surface area contributed by atoms with Crippen LogP contribution in [-0.2, 0) is 6.42 Å². The monoisotopic (exact) mass is 268 g/mol. The van der Waals surface area contributed by atoms with Gasteiger partial charge in [0.25, 0.3) is 0 Å². The van der Waals surface area contributed by atoms with E-state index < -0.39 is 0 Å². The Hall–Kier alpha value is -1.96. The summed E-state index contributed by atoms with van der Waals surface area (Å²) in [7, 11) is 2.11. The van der Waals surface area contributed by atoms with Crippen molar-refractivity contribution in [3.8, 4) is 0 Å². The number of nitrogens with zero attached hydrogens (tertiary/aromatic N) is 1. The molecule has 0 amide bonds. The average molecular weight is 268 g/mol. The van der Waals surface area contributed by atoms with E-state index in [0.717, 1.165) is 24.3 Å². The van der Waals surface area contributed by atoms with Crippen LogP contribution in [0.15, 0.2) is 36.4 Å². The minimum absolute atomic E-state index is 0.855. The largest absolute Gasteiger partial charge is 0.397 e. The molecule has 2 N–H and O–H groups in total. The number of aryl methyl sites for hydroxylation is 3. The lowest BCUT2D eigenvalue weighted by Crippen LogP contribution is -2.22. The number of hydrogen-bond acceptors (Lipinski definition) is 2. The fourth-order valence-corrected chi connectivity index (χ4v) is 2.73. The molecule has 0 unspecified atom stereocenters. The zero-order valence-electron chi connectivity index (χ0n) is 12.9. The van der Waals surface area contributed by atoms with Gasteiger partial charge in [-0.25, -0.2) is 0 Å². The van der Waals surface area contributed by atoms with Crippen LogP contribution in [0, 0.1) is 20.8 Å². The van der Waals surface area contributed by atoms with Gasteiger partial charge in [0.2, 0.25) is 0 Å². The summed E-state index contributed by atoms with van der Waals surface area (Å²) in [5.41, 5.74) is 13.4. The van der Waals surface area contributed by atoms with Crippen molar-refractivity contribution in [2.75, 3.05) is 24.2 Å². The molecule has 2 aromatic rings. The fraction of sp³-hybridized carbons (Fsp3) is 0.333. The summed E-state index contributed by atoms with van der Waals surface area (Å²) in [4.78, 5) is 2.25. The van der Waals surface area contributed by atoms with Gasteiger partial charge in [0.05, 0.1) is 11.4 Å². The highest BCUT2D eigenvalue weighted by Gasteiger charge is 2.09. The zero-order valence-corrected chi connectivity index (χ0v) is 12.9. The molecule has 20 heavy (non-hydrogen) atoms. The number of nitrogens with two attached hydrogens (primary N) is 1. The van der Waals surface area contributed by atoms with Crippen LogP contribution in [0.3, 0.4) is 0 Å². The maximum absolute atomic E-state index is 6.10. The van der Waals surface area contributed by atoms with E-state index in [4.69, 9.17) is 5.73 Å². The van der Waals surface area contributed by atoms with Crippen molar-refractivity contribution in [3.05, 3.63) is 58.7 Å². The van der Waals surface area contributed by atoms with Crippen LogP contribution in [0.25, 0.3) is 0 Å². The van der Waals surface area contributed by atoms with Crippen LogP contribution < -0.4 is 10.6 Å². The minimum Gasteiger partial charge on any atom is -0.397 e. The van der Waals surface area contributed by atoms with Crippen molar-refractivity contribution in [1.29, 1.82) is 0 Å². The Morgan fingerprint density at radius 3 is 2.40 bits per heavy atom.